The number of amides is 1. The van der Waals surface area contributed by atoms with Gasteiger partial charge < -0.3 is 10.2 Å². The molecule has 1 atom stereocenters. The summed E-state index contributed by atoms with van der Waals surface area (Å²) < 4.78 is 18.3. The van der Waals surface area contributed by atoms with Crippen LogP contribution in [0.3, 0.4) is 0 Å². The molecule has 3 aromatic heterocycles. The van der Waals surface area contributed by atoms with Gasteiger partial charge in [0.25, 0.3) is 0 Å². The van der Waals surface area contributed by atoms with E-state index in [-0.39, 0.29) is 24.2 Å². The van der Waals surface area contributed by atoms with Gasteiger partial charge >= 0.3 is 0 Å². The Hall–Kier alpha value is -3.49. The number of rotatable bonds is 3. The van der Waals surface area contributed by atoms with Crippen LogP contribution in [0.2, 0.25) is 0 Å². The SMILES string of the molecule is C[C@@H](c1cc2cnn(C)c2cc1F)c1cnc2ccc(N3CCNC(=O)C3)nn12. The molecule has 1 fully saturated rings. The van der Waals surface area contributed by atoms with Gasteiger partial charge in [-0.3, -0.25) is 9.48 Å². The van der Waals surface area contributed by atoms with E-state index in [4.69, 9.17) is 5.10 Å². The Morgan fingerprint density at radius 1 is 1.24 bits per heavy atom. The van der Waals surface area contributed by atoms with E-state index in [1.807, 2.05) is 30.0 Å². The fourth-order valence-electron chi connectivity index (χ4n) is 3.86. The van der Waals surface area contributed by atoms with Gasteiger partial charge in [-0.05, 0) is 23.8 Å². The summed E-state index contributed by atoms with van der Waals surface area (Å²) in [5.74, 6) is 0.126. The van der Waals surface area contributed by atoms with Crippen LogP contribution >= 0.6 is 0 Å². The van der Waals surface area contributed by atoms with Gasteiger partial charge in [0.1, 0.15) is 11.6 Å². The Morgan fingerprint density at radius 2 is 2.10 bits per heavy atom. The van der Waals surface area contributed by atoms with Crippen LogP contribution < -0.4 is 10.2 Å². The molecule has 0 spiro atoms. The number of imidazole rings is 1. The molecule has 148 valence electrons. The maximum atomic E-state index is 14.9. The van der Waals surface area contributed by atoms with Crippen molar-refractivity contribution in [2.24, 2.45) is 7.05 Å². The Morgan fingerprint density at radius 3 is 2.93 bits per heavy atom. The topological polar surface area (TPSA) is 80.3 Å². The molecule has 1 amide bonds. The maximum absolute atomic E-state index is 14.9. The standard InChI is InChI=1S/C20H20FN7O/c1-12(14-7-13-9-24-26(2)16(13)8-15(14)21)17-10-23-18-3-4-19(25-28(17)18)27-6-5-22-20(29)11-27/h3-4,7-10,12H,5-6,11H2,1-2H3,(H,22,29)/t12-/m0/s1. The van der Waals surface area contributed by atoms with E-state index >= 15 is 0 Å². The number of aromatic nitrogens is 5. The smallest absolute Gasteiger partial charge is 0.239 e. The van der Waals surface area contributed by atoms with Crippen LogP contribution in [0.1, 0.15) is 24.1 Å². The van der Waals surface area contributed by atoms with Gasteiger partial charge in [0.15, 0.2) is 5.65 Å². The minimum Gasteiger partial charge on any atom is -0.353 e. The molecule has 5 rings (SSSR count). The number of hydrogen-bond acceptors (Lipinski definition) is 5. The predicted molar refractivity (Wildman–Crippen MR) is 106 cm³/mol. The summed E-state index contributed by atoms with van der Waals surface area (Å²) in [6.45, 7) is 3.48. The van der Waals surface area contributed by atoms with Crippen LogP contribution in [0.4, 0.5) is 10.2 Å². The second kappa shape index (κ2) is 6.54. The Labute approximate surface area is 165 Å². The summed E-state index contributed by atoms with van der Waals surface area (Å²) in [6.07, 6.45) is 3.46. The van der Waals surface area contributed by atoms with Crippen molar-refractivity contribution < 1.29 is 9.18 Å². The number of nitrogens with one attached hydrogen (secondary N) is 1. The zero-order valence-corrected chi connectivity index (χ0v) is 16.1. The van der Waals surface area contributed by atoms with E-state index in [1.165, 1.54) is 6.07 Å². The molecule has 0 radical (unpaired) electrons. The highest BCUT2D eigenvalue weighted by Gasteiger charge is 2.22. The third-order valence-corrected chi connectivity index (χ3v) is 5.51. The first kappa shape index (κ1) is 17.6. The fourth-order valence-corrected chi connectivity index (χ4v) is 3.86. The minimum absolute atomic E-state index is 0.0239. The van der Waals surface area contributed by atoms with Crippen molar-refractivity contribution in [3.05, 3.63) is 53.7 Å². The highest BCUT2D eigenvalue weighted by Crippen LogP contribution is 2.30. The second-order valence-electron chi connectivity index (χ2n) is 7.34. The molecule has 29 heavy (non-hydrogen) atoms. The number of hydrogen-bond donors (Lipinski definition) is 1. The summed E-state index contributed by atoms with van der Waals surface area (Å²) in [4.78, 5) is 18.1. The Kier molecular flexibility index (Phi) is 3.97. The van der Waals surface area contributed by atoms with Crippen molar-refractivity contribution >= 4 is 28.3 Å². The van der Waals surface area contributed by atoms with Crippen LogP contribution in [-0.4, -0.2) is 49.9 Å². The number of carbonyl (C=O) groups is 1. The van der Waals surface area contributed by atoms with Gasteiger partial charge in [-0.15, -0.1) is 5.10 Å². The maximum Gasteiger partial charge on any atom is 0.239 e. The van der Waals surface area contributed by atoms with Gasteiger partial charge in [-0.1, -0.05) is 6.92 Å². The summed E-state index contributed by atoms with van der Waals surface area (Å²) in [5, 5.41) is 12.6. The Bertz CT molecular complexity index is 1240. The van der Waals surface area contributed by atoms with Crippen molar-refractivity contribution in [1.82, 2.24) is 29.7 Å². The third-order valence-electron chi connectivity index (χ3n) is 5.51. The summed E-state index contributed by atoms with van der Waals surface area (Å²) in [5.41, 5.74) is 2.78. The number of halogens is 1. The number of fused-ring (bicyclic) bond motifs is 2. The fraction of sp³-hybridized carbons (Fsp3) is 0.300. The highest BCUT2D eigenvalue weighted by molar-refractivity contribution is 5.82. The molecule has 1 saturated heterocycles. The lowest BCUT2D eigenvalue weighted by atomic mass is 9.96. The molecule has 4 heterocycles. The zero-order chi connectivity index (χ0) is 20.1. The van der Waals surface area contributed by atoms with Gasteiger partial charge in [-0.2, -0.15) is 5.10 Å². The Balaban J connectivity index is 1.56. The molecule has 8 nitrogen and oxygen atoms in total. The zero-order valence-electron chi connectivity index (χ0n) is 16.1. The van der Waals surface area contributed by atoms with Gasteiger partial charge in [0, 0.05) is 37.5 Å². The third kappa shape index (κ3) is 2.89. The second-order valence-corrected chi connectivity index (χ2v) is 7.34. The van der Waals surface area contributed by atoms with E-state index in [0.29, 0.717) is 30.1 Å². The van der Waals surface area contributed by atoms with Crippen molar-refractivity contribution in [3.63, 3.8) is 0 Å². The van der Waals surface area contributed by atoms with Crippen molar-refractivity contribution in [2.45, 2.75) is 12.8 Å². The van der Waals surface area contributed by atoms with Crippen LogP contribution in [0, 0.1) is 5.82 Å². The molecule has 4 aromatic rings. The molecule has 1 aliphatic rings. The first-order chi connectivity index (χ1) is 14.0. The largest absolute Gasteiger partial charge is 0.353 e. The summed E-state index contributed by atoms with van der Waals surface area (Å²) in [7, 11) is 1.79. The first-order valence-electron chi connectivity index (χ1n) is 9.49. The van der Waals surface area contributed by atoms with Gasteiger partial charge in [-0.25, -0.2) is 13.9 Å². The molecule has 1 aromatic carbocycles. The molecule has 0 aliphatic carbocycles. The number of anilines is 1. The highest BCUT2D eigenvalue weighted by atomic mass is 19.1. The van der Waals surface area contributed by atoms with E-state index in [0.717, 1.165) is 16.6 Å². The molecular formula is C20H20FN7O. The van der Waals surface area contributed by atoms with Crippen molar-refractivity contribution in [1.29, 1.82) is 0 Å². The minimum atomic E-state index is -0.285. The molecule has 0 unspecified atom stereocenters. The van der Waals surface area contributed by atoms with Crippen molar-refractivity contribution in [3.8, 4) is 0 Å². The lowest BCUT2D eigenvalue weighted by Gasteiger charge is -2.27. The monoisotopic (exact) mass is 393 g/mol. The quantitative estimate of drug-likeness (QED) is 0.575. The lowest BCUT2D eigenvalue weighted by Crippen LogP contribution is -2.48. The van der Waals surface area contributed by atoms with Crippen LogP contribution in [-0.2, 0) is 11.8 Å². The van der Waals surface area contributed by atoms with E-state index < -0.39 is 0 Å². The van der Waals surface area contributed by atoms with Crippen LogP contribution in [0.25, 0.3) is 16.6 Å². The summed E-state index contributed by atoms with van der Waals surface area (Å²) >= 11 is 0. The lowest BCUT2D eigenvalue weighted by molar-refractivity contribution is -0.120. The van der Waals surface area contributed by atoms with Gasteiger partial charge in [0.2, 0.25) is 5.91 Å². The average molecular weight is 393 g/mol. The van der Waals surface area contributed by atoms with Crippen molar-refractivity contribution in [2.75, 3.05) is 24.5 Å². The van der Waals surface area contributed by atoms with Crippen LogP contribution in [0.5, 0.6) is 0 Å². The van der Waals surface area contributed by atoms with Crippen LogP contribution in [0.15, 0.2) is 36.7 Å². The normalized spacial score (nSPS) is 15.8. The molecule has 1 aliphatic heterocycles. The van der Waals surface area contributed by atoms with E-state index in [9.17, 15) is 9.18 Å². The molecule has 0 bridgehead atoms. The van der Waals surface area contributed by atoms with E-state index in [1.54, 1.807) is 28.6 Å². The van der Waals surface area contributed by atoms with Gasteiger partial charge in [0.05, 0.1) is 30.1 Å². The van der Waals surface area contributed by atoms with E-state index in [2.05, 4.69) is 15.4 Å². The summed E-state index contributed by atoms with van der Waals surface area (Å²) in [6, 6.07) is 7.08. The number of benzene rings is 1. The number of aryl methyl sites for hydroxylation is 1. The molecule has 9 heteroatoms. The average Bonchev–Trinajstić information content (AvgIpc) is 3.30. The number of piperazine rings is 1. The first-order valence-corrected chi connectivity index (χ1v) is 9.49. The predicted octanol–water partition coefficient (Wildman–Crippen LogP) is 1.84. The molecule has 1 N–H and O–H groups in total. The molecule has 0 saturated carbocycles. The molecular weight excluding hydrogens is 373 g/mol. The number of carbonyl (C=O) groups excluding carboxylic acids is 1. The number of nitrogens with zero attached hydrogens (tertiary/aromatic N) is 6.